The number of hydrogen-bond donors (Lipinski definition) is 0. The Balaban J connectivity index is 1.89. The Morgan fingerprint density at radius 2 is 1.68 bits per heavy atom. The summed E-state index contributed by atoms with van der Waals surface area (Å²) < 4.78 is 1.95. The van der Waals surface area contributed by atoms with E-state index in [1.807, 2.05) is 71.3 Å². The van der Waals surface area contributed by atoms with Gasteiger partial charge in [0.2, 0.25) is 5.91 Å². The lowest BCUT2D eigenvalue weighted by molar-refractivity contribution is -0.128. The first-order valence-corrected chi connectivity index (χ1v) is 11.0. The van der Waals surface area contributed by atoms with Gasteiger partial charge in [0, 0.05) is 18.7 Å². The molecule has 3 aromatic rings. The number of amides is 1. The molecule has 0 radical (unpaired) electrons. The Labute approximate surface area is 190 Å². The molecular weight excluding hydrogens is 430 g/mol. The minimum absolute atomic E-state index is 0.134. The first-order chi connectivity index (χ1) is 15.2. The number of nitriles is 2. The van der Waals surface area contributed by atoms with Crippen molar-refractivity contribution in [3.8, 4) is 29.1 Å². The van der Waals surface area contributed by atoms with Crippen LogP contribution in [0.1, 0.15) is 12.8 Å². The molecule has 0 aliphatic rings. The maximum Gasteiger partial charge on any atom is 0.233 e. The average molecular weight is 450 g/mol. The molecule has 31 heavy (non-hydrogen) atoms. The highest BCUT2D eigenvalue weighted by molar-refractivity contribution is 7.99. The number of thioether (sulfide) groups is 1. The van der Waals surface area contributed by atoms with Gasteiger partial charge in [-0.25, -0.2) is 4.98 Å². The van der Waals surface area contributed by atoms with Crippen LogP contribution < -0.4 is 0 Å². The van der Waals surface area contributed by atoms with Crippen LogP contribution >= 0.6 is 23.4 Å². The number of imidazole rings is 1. The van der Waals surface area contributed by atoms with Crippen LogP contribution in [0.25, 0.3) is 16.9 Å². The quantitative estimate of drug-likeness (QED) is 0.432. The van der Waals surface area contributed by atoms with E-state index < -0.39 is 0 Å². The highest BCUT2D eigenvalue weighted by Gasteiger charge is 2.19. The number of rotatable bonds is 9. The van der Waals surface area contributed by atoms with E-state index in [1.165, 1.54) is 11.8 Å². The molecule has 0 aliphatic heterocycles. The molecule has 156 valence electrons. The Morgan fingerprint density at radius 3 is 2.32 bits per heavy atom. The van der Waals surface area contributed by atoms with E-state index in [0.717, 1.165) is 16.9 Å². The van der Waals surface area contributed by atoms with Crippen molar-refractivity contribution in [2.24, 2.45) is 0 Å². The van der Waals surface area contributed by atoms with Crippen LogP contribution in [0.3, 0.4) is 0 Å². The number of para-hydroxylation sites is 1. The molecule has 2 aromatic carbocycles. The van der Waals surface area contributed by atoms with Crippen molar-refractivity contribution in [2.75, 3.05) is 18.8 Å². The fourth-order valence-corrected chi connectivity index (χ4v) is 4.17. The lowest BCUT2D eigenvalue weighted by Gasteiger charge is -2.20. The molecule has 0 saturated carbocycles. The molecule has 1 heterocycles. The molecule has 0 saturated heterocycles. The molecule has 0 unspecified atom stereocenters. The third-order valence-corrected chi connectivity index (χ3v) is 5.81. The van der Waals surface area contributed by atoms with Gasteiger partial charge in [-0.2, -0.15) is 10.5 Å². The van der Waals surface area contributed by atoms with E-state index >= 15 is 0 Å². The van der Waals surface area contributed by atoms with Gasteiger partial charge in [-0.05, 0) is 12.1 Å². The van der Waals surface area contributed by atoms with Gasteiger partial charge in [0.25, 0.3) is 0 Å². The molecule has 0 aliphatic carbocycles. The van der Waals surface area contributed by atoms with Crippen molar-refractivity contribution in [3.05, 3.63) is 65.8 Å². The van der Waals surface area contributed by atoms with Crippen LogP contribution in [0.4, 0.5) is 0 Å². The van der Waals surface area contributed by atoms with Gasteiger partial charge in [-0.1, -0.05) is 65.8 Å². The Morgan fingerprint density at radius 1 is 1.03 bits per heavy atom. The van der Waals surface area contributed by atoms with E-state index in [2.05, 4.69) is 4.98 Å². The summed E-state index contributed by atoms with van der Waals surface area (Å²) in [7, 11) is 0. The fraction of sp³-hybridized carbons (Fsp3) is 0.217. The molecule has 0 N–H and O–H groups in total. The molecular formula is C23H20ClN5OS. The second-order valence-electron chi connectivity index (χ2n) is 6.56. The summed E-state index contributed by atoms with van der Waals surface area (Å²) in [5, 5.41) is 18.9. The summed E-state index contributed by atoms with van der Waals surface area (Å²) in [5.41, 5.74) is 2.63. The van der Waals surface area contributed by atoms with Crippen LogP contribution in [0.5, 0.6) is 0 Å². The Hall–Kier alpha value is -3.26. The summed E-state index contributed by atoms with van der Waals surface area (Å²) in [6.07, 6.45) is 2.23. The molecule has 3 rings (SSSR count). The number of nitrogens with zero attached hydrogens (tertiary/aromatic N) is 5. The zero-order valence-electron chi connectivity index (χ0n) is 16.7. The van der Waals surface area contributed by atoms with Crippen LogP contribution in [-0.2, 0) is 4.79 Å². The van der Waals surface area contributed by atoms with Crippen molar-refractivity contribution in [3.63, 3.8) is 0 Å². The van der Waals surface area contributed by atoms with Crippen LogP contribution in [-0.4, -0.2) is 39.2 Å². The standard InChI is InChI=1S/C23H20ClN5OS/c24-19-10-4-5-11-20(19)29-21(18-8-2-1-3-9-18)16-27-23(29)31-17-22(30)28(14-6-12-25)15-7-13-26/h1-5,8-11,16H,6-7,14-15,17H2. The second kappa shape index (κ2) is 11.2. The highest BCUT2D eigenvalue weighted by atomic mass is 35.5. The molecule has 6 nitrogen and oxygen atoms in total. The predicted octanol–water partition coefficient (Wildman–Crippen LogP) is 4.94. The summed E-state index contributed by atoms with van der Waals surface area (Å²) >= 11 is 7.79. The average Bonchev–Trinajstić information content (AvgIpc) is 3.22. The van der Waals surface area contributed by atoms with Gasteiger partial charge in [0.05, 0.1) is 53.3 Å². The van der Waals surface area contributed by atoms with E-state index in [0.29, 0.717) is 23.3 Å². The van der Waals surface area contributed by atoms with Gasteiger partial charge in [-0.3, -0.25) is 9.36 Å². The first-order valence-electron chi connectivity index (χ1n) is 9.68. The van der Waals surface area contributed by atoms with E-state index in [1.54, 1.807) is 11.1 Å². The molecule has 0 fully saturated rings. The second-order valence-corrected chi connectivity index (χ2v) is 7.91. The summed E-state index contributed by atoms with van der Waals surface area (Å²) in [4.78, 5) is 18.9. The molecule has 1 amide bonds. The van der Waals surface area contributed by atoms with Gasteiger partial charge in [-0.15, -0.1) is 0 Å². The lowest BCUT2D eigenvalue weighted by atomic mass is 10.1. The molecule has 0 bridgehead atoms. The Bertz CT molecular complexity index is 1100. The van der Waals surface area contributed by atoms with Crippen molar-refractivity contribution < 1.29 is 4.79 Å². The highest BCUT2D eigenvalue weighted by Crippen LogP contribution is 2.32. The van der Waals surface area contributed by atoms with Gasteiger partial charge in [0.15, 0.2) is 5.16 Å². The van der Waals surface area contributed by atoms with E-state index in [9.17, 15) is 4.79 Å². The van der Waals surface area contributed by atoms with Crippen molar-refractivity contribution in [1.82, 2.24) is 14.5 Å². The summed E-state index contributed by atoms with van der Waals surface area (Å²) in [5.74, 6) is 0.0116. The van der Waals surface area contributed by atoms with Crippen LogP contribution in [0.2, 0.25) is 5.02 Å². The lowest BCUT2D eigenvalue weighted by Crippen LogP contribution is -2.34. The van der Waals surface area contributed by atoms with E-state index in [-0.39, 0.29) is 24.5 Å². The van der Waals surface area contributed by atoms with Gasteiger partial charge < -0.3 is 4.90 Å². The third kappa shape index (κ3) is 5.67. The zero-order chi connectivity index (χ0) is 22.1. The first kappa shape index (κ1) is 22.4. The number of hydrogen-bond acceptors (Lipinski definition) is 5. The van der Waals surface area contributed by atoms with Crippen molar-refractivity contribution in [1.29, 1.82) is 10.5 Å². The van der Waals surface area contributed by atoms with Gasteiger partial charge >= 0.3 is 0 Å². The molecule has 0 spiro atoms. The number of halogens is 1. The maximum atomic E-state index is 12.7. The normalized spacial score (nSPS) is 10.3. The summed E-state index contributed by atoms with van der Waals surface area (Å²) in [6.45, 7) is 0.623. The number of benzene rings is 2. The topological polar surface area (TPSA) is 85.7 Å². The minimum atomic E-state index is -0.134. The maximum absolute atomic E-state index is 12.7. The van der Waals surface area contributed by atoms with Crippen molar-refractivity contribution >= 4 is 29.3 Å². The number of carbonyl (C=O) groups is 1. The predicted molar refractivity (Wildman–Crippen MR) is 122 cm³/mol. The zero-order valence-corrected chi connectivity index (χ0v) is 18.3. The monoisotopic (exact) mass is 449 g/mol. The SMILES string of the molecule is N#CCCN(CCC#N)C(=O)CSc1ncc(-c2ccccc2)n1-c1ccccc1Cl. The molecule has 8 heteroatoms. The molecule has 0 atom stereocenters. The van der Waals surface area contributed by atoms with Crippen molar-refractivity contribution in [2.45, 2.75) is 18.0 Å². The summed E-state index contributed by atoms with van der Waals surface area (Å²) in [6, 6.07) is 21.4. The number of carbonyl (C=O) groups excluding carboxylic acids is 1. The largest absolute Gasteiger partial charge is 0.340 e. The van der Waals surface area contributed by atoms with Crippen LogP contribution in [0, 0.1) is 22.7 Å². The molecule has 1 aromatic heterocycles. The fourth-order valence-electron chi connectivity index (χ4n) is 3.06. The van der Waals surface area contributed by atoms with Crippen LogP contribution in [0.15, 0.2) is 66.0 Å². The smallest absolute Gasteiger partial charge is 0.233 e. The Kier molecular flexibility index (Phi) is 8.12. The minimum Gasteiger partial charge on any atom is -0.340 e. The van der Waals surface area contributed by atoms with Gasteiger partial charge in [0.1, 0.15) is 0 Å². The van der Waals surface area contributed by atoms with E-state index in [4.69, 9.17) is 22.1 Å². The number of aromatic nitrogens is 2. The third-order valence-electron chi connectivity index (χ3n) is 4.56.